The second-order valence-corrected chi connectivity index (χ2v) is 5.16. The first kappa shape index (κ1) is 13.7. The third kappa shape index (κ3) is 2.79. The maximum atomic E-state index is 5.77. The van der Waals surface area contributed by atoms with Gasteiger partial charge in [-0.3, -0.25) is 10.8 Å². The number of nitrogens with one attached hydrogen (secondary N) is 1. The molecule has 1 atom stereocenters. The van der Waals surface area contributed by atoms with Crippen LogP contribution in [-0.4, -0.2) is 4.98 Å². The number of aromatic nitrogens is 1. The first-order valence-corrected chi connectivity index (χ1v) is 7.21. The molecule has 0 aliphatic carbocycles. The minimum absolute atomic E-state index is 0.0481. The van der Waals surface area contributed by atoms with E-state index in [0.717, 1.165) is 28.5 Å². The zero-order valence-electron chi connectivity index (χ0n) is 12.1. The van der Waals surface area contributed by atoms with Crippen molar-refractivity contribution in [3.8, 4) is 0 Å². The van der Waals surface area contributed by atoms with Crippen LogP contribution in [-0.2, 0) is 6.42 Å². The van der Waals surface area contributed by atoms with Crippen LogP contribution < -0.4 is 11.3 Å². The van der Waals surface area contributed by atoms with E-state index in [0.29, 0.717) is 0 Å². The molecule has 106 valence electrons. The van der Waals surface area contributed by atoms with Gasteiger partial charge < -0.3 is 0 Å². The molecule has 0 aliphatic rings. The van der Waals surface area contributed by atoms with Crippen LogP contribution in [0, 0.1) is 0 Å². The van der Waals surface area contributed by atoms with Crippen molar-refractivity contribution in [2.45, 2.75) is 19.4 Å². The Morgan fingerprint density at radius 1 is 1.05 bits per heavy atom. The van der Waals surface area contributed by atoms with E-state index in [1.54, 1.807) is 0 Å². The molecule has 1 aromatic heterocycles. The normalized spacial score (nSPS) is 12.5. The number of hydrogen-bond donors (Lipinski definition) is 2. The second-order valence-electron chi connectivity index (χ2n) is 5.16. The van der Waals surface area contributed by atoms with E-state index in [1.165, 1.54) is 5.56 Å². The van der Waals surface area contributed by atoms with Crippen LogP contribution in [0.25, 0.3) is 10.9 Å². The lowest BCUT2D eigenvalue weighted by molar-refractivity contribution is 0.635. The van der Waals surface area contributed by atoms with E-state index in [-0.39, 0.29) is 6.04 Å². The van der Waals surface area contributed by atoms with Gasteiger partial charge in [-0.2, -0.15) is 0 Å². The second kappa shape index (κ2) is 6.04. The maximum absolute atomic E-state index is 5.77. The Morgan fingerprint density at radius 2 is 1.81 bits per heavy atom. The summed E-state index contributed by atoms with van der Waals surface area (Å²) in [5.74, 6) is 5.77. The van der Waals surface area contributed by atoms with Gasteiger partial charge >= 0.3 is 0 Å². The maximum Gasteiger partial charge on any atom is 0.0725 e. The lowest BCUT2D eigenvalue weighted by atomic mass is 9.98. The van der Waals surface area contributed by atoms with Crippen LogP contribution in [0.2, 0.25) is 0 Å². The summed E-state index contributed by atoms with van der Waals surface area (Å²) >= 11 is 0. The molecule has 3 nitrogen and oxygen atoms in total. The van der Waals surface area contributed by atoms with E-state index >= 15 is 0 Å². The van der Waals surface area contributed by atoms with Crippen molar-refractivity contribution < 1.29 is 0 Å². The Hall–Kier alpha value is -2.23. The summed E-state index contributed by atoms with van der Waals surface area (Å²) in [4.78, 5) is 4.51. The molecule has 0 fully saturated rings. The van der Waals surface area contributed by atoms with Crippen molar-refractivity contribution in [3.63, 3.8) is 0 Å². The van der Waals surface area contributed by atoms with Gasteiger partial charge in [0.05, 0.1) is 11.6 Å². The molecule has 0 spiro atoms. The van der Waals surface area contributed by atoms with Crippen LogP contribution in [0.3, 0.4) is 0 Å². The number of hydrazine groups is 1. The number of para-hydroxylation sites is 1. The lowest BCUT2D eigenvalue weighted by Crippen LogP contribution is -2.28. The minimum atomic E-state index is -0.0481. The molecular weight excluding hydrogens is 258 g/mol. The third-order valence-corrected chi connectivity index (χ3v) is 3.83. The van der Waals surface area contributed by atoms with Gasteiger partial charge in [0.25, 0.3) is 0 Å². The molecule has 2 aromatic carbocycles. The van der Waals surface area contributed by atoms with Crippen LogP contribution in [0.4, 0.5) is 0 Å². The summed E-state index contributed by atoms with van der Waals surface area (Å²) in [6, 6.07) is 18.7. The monoisotopic (exact) mass is 277 g/mol. The summed E-state index contributed by atoms with van der Waals surface area (Å²) in [6.07, 6.45) is 2.93. The molecule has 1 unspecified atom stereocenters. The van der Waals surface area contributed by atoms with Gasteiger partial charge in [-0.1, -0.05) is 49.4 Å². The summed E-state index contributed by atoms with van der Waals surface area (Å²) in [5.41, 5.74) is 7.44. The van der Waals surface area contributed by atoms with Gasteiger partial charge in [0.1, 0.15) is 0 Å². The topological polar surface area (TPSA) is 50.9 Å². The van der Waals surface area contributed by atoms with Crippen molar-refractivity contribution >= 4 is 10.9 Å². The van der Waals surface area contributed by atoms with E-state index in [4.69, 9.17) is 5.84 Å². The summed E-state index contributed by atoms with van der Waals surface area (Å²) < 4.78 is 0. The fourth-order valence-corrected chi connectivity index (χ4v) is 2.58. The van der Waals surface area contributed by atoms with Crippen molar-refractivity contribution in [2.24, 2.45) is 5.84 Å². The largest absolute Gasteiger partial charge is 0.271 e. The van der Waals surface area contributed by atoms with Gasteiger partial charge in [0.15, 0.2) is 0 Å². The molecule has 3 rings (SSSR count). The summed E-state index contributed by atoms with van der Waals surface area (Å²) in [6.45, 7) is 2.15. The van der Waals surface area contributed by atoms with E-state index in [9.17, 15) is 0 Å². The summed E-state index contributed by atoms with van der Waals surface area (Å²) in [7, 11) is 0. The quantitative estimate of drug-likeness (QED) is 0.568. The zero-order chi connectivity index (χ0) is 14.7. The van der Waals surface area contributed by atoms with Crippen molar-refractivity contribution in [2.75, 3.05) is 0 Å². The Labute approximate surface area is 124 Å². The standard InChI is InChI=1S/C18H19N3/c1-2-13-7-9-14(10-8-13)18(21-19)16-11-15-5-3-4-6-17(15)20-12-16/h3-12,18,21H,2,19H2,1H3. The molecule has 0 aliphatic heterocycles. The first-order valence-electron chi connectivity index (χ1n) is 7.21. The number of hydrogen-bond acceptors (Lipinski definition) is 3. The average molecular weight is 277 g/mol. The highest BCUT2D eigenvalue weighted by atomic mass is 15.2. The lowest BCUT2D eigenvalue weighted by Gasteiger charge is -2.17. The molecule has 0 saturated heterocycles. The Kier molecular flexibility index (Phi) is 3.95. The number of nitrogens with zero attached hydrogens (tertiary/aromatic N) is 1. The predicted molar refractivity (Wildman–Crippen MR) is 86.7 cm³/mol. The Bertz CT molecular complexity index is 735. The fourth-order valence-electron chi connectivity index (χ4n) is 2.58. The molecule has 1 heterocycles. The van der Waals surface area contributed by atoms with Gasteiger partial charge in [-0.05, 0) is 35.2 Å². The van der Waals surface area contributed by atoms with Crippen molar-refractivity contribution in [1.82, 2.24) is 10.4 Å². The highest BCUT2D eigenvalue weighted by Crippen LogP contribution is 2.24. The number of rotatable bonds is 4. The van der Waals surface area contributed by atoms with Gasteiger partial charge in [0.2, 0.25) is 0 Å². The van der Waals surface area contributed by atoms with Crippen LogP contribution in [0.1, 0.15) is 29.7 Å². The first-order chi connectivity index (χ1) is 10.3. The molecule has 3 N–H and O–H groups in total. The Balaban J connectivity index is 2.00. The average Bonchev–Trinajstić information content (AvgIpc) is 2.56. The predicted octanol–water partition coefficient (Wildman–Crippen LogP) is 3.35. The van der Waals surface area contributed by atoms with Crippen LogP contribution in [0.15, 0.2) is 60.8 Å². The van der Waals surface area contributed by atoms with Gasteiger partial charge in [-0.25, -0.2) is 5.43 Å². The number of fused-ring (bicyclic) bond motifs is 1. The Morgan fingerprint density at radius 3 is 2.52 bits per heavy atom. The third-order valence-electron chi connectivity index (χ3n) is 3.83. The molecular formula is C18H19N3. The number of nitrogens with two attached hydrogens (primary N) is 1. The van der Waals surface area contributed by atoms with E-state index in [2.05, 4.69) is 53.7 Å². The molecule has 0 amide bonds. The minimum Gasteiger partial charge on any atom is -0.271 e. The highest BCUT2D eigenvalue weighted by molar-refractivity contribution is 5.78. The van der Waals surface area contributed by atoms with Crippen LogP contribution >= 0.6 is 0 Å². The molecule has 0 bridgehead atoms. The molecule has 0 saturated carbocycles. The van der Waals surface area contributed by atoms with Gasteiger partial charge in [-0.15, -0.1) is 0 Å². The number of pyridine rings is 1. The van der Waals surface area contributed by atoms with Crippen molar-refractivity contribution in [3.05, 3.63) is 77.5 Å². The highest BCUT2D eigenvalue weighted by Gasteiger charge is 2.13. The van der Waals surface area contributed by atoms with Gasteiger partial charge in [0, 0.05) is 11.6 Å². The SMILES string of the molecule is CCc1ccc(C(NN)c2cnc3ccccc3c2)cc1. The fraction of sp³-hybridized carbons (Fsp3) is 0.167. The van der Waals surface area contributed by atoms with Crippen molar-refractivity contribution in [1.29, 1.82) is 0 Å². The molecule has 0 radical (unpaired) electrons. The van der Waals surface area contributed by atoms with Crippen LogP contribution in [0.5, 0.6) is 0 Å². The molecule has 3 aromatic rings. The number of aryl methyl sites for hydroxylation is 1. The van der Waals surface area contributed by atoms with E-state index in [1.807, 2.05) is 24.4 Å². The van der Waals surface area contributed by atoms with E-state index < -0.39 is 0 Å². The number of benzene rings is 2. The zero-order valence-corrected chi connectivity index (χ0v) is 12.1. The summed E-state index contributed by atoms with van der Waals surface area (Å²) in [5, 5.41) is 1.13. The molecule has 21 heavy (non-hydrogen) atoms. The molecule has 3 heteroatoms. The smallest absolute Gasteiger partial charge is 0.0725 e.